The van der Waals surface area contributed by atoms with Crippen LogP contribution in [0, 0.1) is 5.92 Å². The molecule has 0 saturated carbocycles. The summed E-state index contributed by atoms with van der Waals surface area (Å²) in [5.74, 6) is 0.604. The average Bonchev–Trinajstić information content (AvgIpc) is 2.93. The molecule has 1 N–H and O–H groups in total. The van der Waals surface area contributed by atoms with Crippen molar-refractivity contribution in [3.05, 3.63) is 41.8 Å². The van der Waals surface area contributed by atoms with Gasteiger partial charge >= 0.3 is 0 Å². The monoisotopic (exact) mass is 319 g/mol. The Morgan fingerprint density at radius 1 is 1.45 bits per heavy atom. The van der Waals surface area contributed by atoms with Gasteiger partial charge in [-0.1, -0.05) is 17.7 Å². The lowest BCUT2D eigenvalue weighted by molar-refractivity contribution is -0.121. The largest absolute Gasteiger partial charge is 0.310 e. The lowest BCUT2D eigenvalue weighted by atomic mass is 9.97. The topological polar surface area (TPSA) is 63.1 Å². The van der Waals surface area contributed by atoms with Gasteiger partial charge in [0.15, 0.2) is 0 Å². The van der Waals surface area contributed by atoms with Crippen LogP contribution in [0.25, 0.3) is 0 Å². The van der Waals surface area contributed by atoms with Crippen LogP contribution in [0.2, 0.25) is 5.02 Å². The molecule has 0 aromatic carbocycles. The summed E-state index contributed by atoms with van der Waals surface area (Å²) in [5, 5.41) is 7.69. The van der Waals surface area contributed by atoms with E-state index in [1.807, 2.05) is 12.1 Å². The van der Waals surface area contributed by atoms with E-state index in [0.717, 1.165) is 25.9 Å². The number of rotatable bonds is 4. The van der Waals surface area contributed by atoms with E-state index >= 15 is 0 Å². The van der Waals surface area contributed by atoms with E-state index in [9.17, 15) is 4.79 Å². The van der Waals surface area contributed by atoms with Crippen molar-refractivity contribution in [2.24, 2.45) is 5.92 Å². The highest BCUT2D eigenvalue weighted by Gasteiger charge is 2.26. The summed E-state index contributed by atoms with van der Waals surface area (Å²) in [6, 6.07) is 5.48. The summed E-state index contributed by atoms with van der Waals surface area (Å²) >= 11 is 5.87. The second-order valence-corrected chi connectivity index (χ2v) is 5.90. The van der Waals surface area contributed by atoms with Gasteiger partial charge in [-0.05, 0) is 31.5 Å². The van der Waals surface area contributed by atoms with E-state index in [4.69, 9.17) is 11.6 Å². The fourth-order valence-corrected chi connectivity index (χ4v) is 2.84. The number of nitrogens with one attached hydrogen (secondary N) is 1. The number of amides is 1. The summed E-state index contributed by atoms with van der Waals surface area (Å²) in [7, 11) is 0. The Labute approximate surface area is 134 Å². The predicted octanol–water partition coefficient (Wildman–Crippen LogP) is 2.24. The van der Waals surface area contributed by atoms with Crippen molar-refractivity contribution >= 4 is 23.3 Å². The summed E-state index contributed by atoms with van der Waals surface area (Å²) in [5.41, 5.74) is 0. The third-order valence-electron chi connectivity index (χ3n) is 3.74. The van der Waals surface area contributed by atoms with Gasteiger partial charge in [0.2, 0.25) is 5.91 Å². The zero-order valence-corrected chi connectivity index (χ0v) is 12.9. The standard InChI is InChI=1S/C15H18ClN5O/c16-13-8-18-21(10-13)11-20-7-3-4-12(9-20)15(22)19-14-5-1-2-6-17-14/h1-2,5-6,8,10,12H,3-4,7,9,11H2,(H,17,19,22)/t12-/m1/s1. The molecule has 7 heteroatoms. The second kappa shape index (κ2) is 6.89. The number of anilines is 1. The minimum Gasteiger partial charge on any atom is -0.310 e. The normalized spacial score (nSPS) is 19.0. The molecule has 3 rings (SSSR count). The van der Waals surface area contributed by atoms with Gasteiger partial charge < -0.3 is 5.32 Å². The number of hydrogen-bond donors (Lipinski definition) is 1. The van der Waals surface area contributed by atoms with Gasteiger partial charge in [-0.15, -0.1) is 0 Å². The number of pyridine rings is 1. The Balaban J connectivity index is 1.57. The summed E-state index contributed by atoms with van der Waals surface area (Å²) in [6.45, 7) is 2.33. The number of hydrogen-bond acceptors (Lipinski definition) is 4. The van der Waals surface area contributed by atoms with Crippen LogP contribution < -0.4 is 5.32 Å². The molecule has 1 aliphatic rings. The Bertz CT molecular complexity index is 630. The molecular formula is C15H18ClN5O. The number of piperidine rings is 1. The van der Waals surface area contributed by atoms with Gasteiger partial charge in [0.25, 0.3) is 0 Å². The van der Waals surface area contributed by atoms with Crippen LogP contribution in [0.4, 0.5) is 5.82 Å². The van der Waals surface area contributed by atoms with Gasteiger partial charge in [-0.25, -0.2) is 4.98 Å². The first kappa shape index (κ1) is 15.0. The molecule has 0 spiro atoms. The molecular weight excluding hydrogens is 302 g/mol. The average molecular weight is 320 g/mol. The molecule has 1 atom stereocenters. The minimum absolute atomic E-state index is 0.0261. The maximum absolute atomic E-state index is 12.3. The molecule has 6 nitrogen and oxygen atoms in total. The smallest absolute Gasteiger partial charge is 0.229 e. The zero-order valence-electron chi connectivity index (χ0n) is 12.2. The minimum atomic E-state index is -0.0261. The maximum atomic E-state index is 12.3. The highest BCUT2D eigenvalue weighted by Crippen LogP contribution is 2.19. The number of halogens is 1. The van der Waals surface area contributed by atoms with Gasteiger partial charge in [-0.3, -0.25) is 14.4 Å². The van der Waals surface area contributed by atoms with Crippen LogP contribution in [-0.4, -0.2) is 38.7 Å². The number of aromatic nitrogens is 3. The Morgan fingerprint density at radius 2 is 2.36 bits per heavy atom. The molecule has 22 heavy (non-hydrogen) atoms. The predicted molar refractivity (Wildman–Crippen MR) is 84.4 cm³/mol. The van der Waals surface area contributed by atoms with Crippen LogP contribution in [0.5, 0.6) is 0 Å². The molecule has 0 bridgehead atoms. The van der Waals surface area contributed by atoms with Crippen molar-refractivity contribution in [1.82, 2.24) is 19.7 Å². The quantitative estimate of drug-likeness (QED) is 0.938. The van der Waals surface area contributed by atoms with Crippen molar-refractivity contribution in [3.8, 4) is 0 Å². The molecule has 0 aliphatic carbocycles. The molecule has 0 radical (unpaired) electrons. The summed E-state index contributed by atoms with van der Waals surface area (Å²) in [6.07, 6.45) is 6.98. The van der Waals surface area contributed by atoms with Crippen molar-refractivity contribution in [2.75, 3.05) is 18.4 Å². The van der Waals surface area contributed by atoms with Gasteiger partial charge in [-0.2, -0.15) is 5.10 Å². The zero-order chi connectivity index (χ0) is 15.4. The first-order chi connectivity index (χ1) is 10.7. The van der Waals surface area contributed by atoms with E-state index in [-0.39, 0.29) is 11.8 Å². The Morgan fingerprint density at radius 3 is 3.09 bits per heavy atom. The molecule has 2 aromatic heterocycles. The fraction of sp³-hybridized carbons (Fsp3) is 0.400. The molecule has 1 saturated heterocycles. The van der Waals surface area contributed by atoms with Crippen molar-refractivity contribution < 1.29 is 4.79 Å². The maximum Gasteiger partial charge on any atom is 0.229 e. The third-order valence-corrected chi connectivity index (χ3v) is 3.93. The molecule has 1 aliphatic heterocycles. The van der Waals surface area contributed by atoms with E-state index < -0.39 is 0 Å². The van der Waals surface area contributed by atoms with Gasteiger partial charge in [0.05, 0.1) is 23.8 Å². The Kier molecular flexibility index (Phi) is 4.70. The fourth-order valence-electron chi connectivity index (χ4n) is 2.68. The van der Waals surface area contributed by atoms with Crippen LogP contribution in [0.15, 0.2) is 36.8 Å². The van der Waals surface area contributed by atoms with Crippen LogP contribution in [0.1, 0.15) is 12.8 Å². The molecule has 0 unspecified atom stereocenters. The third kappa shape index (κ3) is 3.84. The van der Waals surface area contributed by atoms with Gasteiger partial charge in [0, 0.05) is 18.9 Å². The van der Waals surface area contributed by atoms with Gasteiger partial charge in [0.1, 0.15) is 5.82 Å². The second-order valence-electron chi connectivity index (χ2n) is 5.46. The van der Waals surface area contributed by atoms with E-state index in [1.54, 1.807) is 29.3 Å². The lowest BCUT2D eigenvalue weighted by Gasteiger charge is -2.31. The first-order valence-corrected chi connectivity index (χ1v) is 7.71. The SMILES string of the molecule is O=C(Nc1ccccn1)[C@@H]1CCCN(Cn2cc(Cl)cn2)C1. The van der Waals surface area contributed by atoms with Crippen LogP contribution in [-0.2, 0) is 11.5 Å². The number of likely N-dealkylation sites (tertiary alicyclic amines) is 1. The highest BCUT2D eigenvalue weighted by atomic mass is 35.5. The molecule has 2 aromatic rings. The number of carbonyl (C=O) groups is 1. The first-order valence-electron chi connectivity index (χ1n) is 7.33. The van der Waals surface area contributed by atoms with Crippen molar-refractivity contribution in [1.29, 1.82) is 0 Å². The Hall–Kier alpha value is -1.92. The summed E-state index contributed by atoms with van der Waals surface area (Å²) < 4.78 is 1.79. The highest BCUT2D eigenvalue weighted by molar-refractivity contribution is 6.30. The molecule has 3 heterocycles. The van der Waals surface area contributed by atoms with E-state index in [1.165, 1.54) is 0 Å². The van der Waals surface area contributed by atoms with E-state index in [0.29, 0.717) is 17.5 Å². The summed E-state index contributed by atoms with van der Waals surface area (Å²) in [4.78, 5) is 18.7. The number of carbonyl (C=O) groups excluding carboxylic acids is 1. The van der Waals surface area contributed by atoms with Crippen LogP contribution >= 0.6 is 11.6 Å². The van der Waals surface area contributed by atoms with Crippen molar-refractivity contribution in [3.63, 3.8) is 0 Å². The molecule has 1 amide bonds. The van der Waals surface area contributed by atoms with Crippen molar-refractivity contribution in [2.45, 2.75) is 19.5 Å². The van der Waals surface area contributed by atoms with E-state index in [2.05, 4.69) is 20.3 Å². The lowest BCUT2D eigenvalue weighted by Crippen LogP contribution is -2.41. The molecule has 116 valence electrons. The number of nitrogens with zero attached hydrogens (tertiary/aromatic N) is 4. The van der Waals surface area contributed by atoms with Crippen LogP contribution in [0.3, 0.4) is 0 Å². The molecule has 1 fully saturated rings.